The Balaban J connectivity index is 1.73. The van der Waals surface area contributed by atoms with Crippen LogP contribution in [0, 0.1) is 11.8 Å². The number of hydrogen-bond donors (Lipinski definition) is 1. The van der Waals surface area contributed by atoms with Gasteiger partial charge in [0.2, 0.25) is 0 Å². The predicted octanol–water partition coefficient (Wildman–Crippen LogP) is 2.48. The van der Waals surface area contributed by atoms with Crippen molar-refractivity contribution in [2.45, 2.75) is 25.3 Å². The van der Waals surface area contributed by atoms with Crippen molar-refractivity contribution in [2.24, 2.45) is 17.6 Å². The molecule has 3 heteroatoms. The van der Waals surface area contributed by atoms with Crippen molar-refractivity contribution in [1.82, 2.24) is 4.90 Å². The fourth-order valence-electron chi connectivity index (χ4n) is 4.02. The van der Waals surface area contributed by atoms with Crippen molar-refractivity contribution >= 4 is 5.69 Å². The molecule has 0 bridgehead atoms. The van der Waals surface area contributed by atoms with Crippen LogP contribution in [0.2, 0.25) is 0 Å². The molecule has 2 N–H and O–H groups in total. The molecule has 1 aromatic rings. The summed E-state index contributed by atoms with van der Waals surface area (Å²) >= 11 is 0. The summed E-state index contributed by atoms with van der Waals surface area (Å²) in [4.78, 5) is 4.76. The second kappa shape index (κ2) is 5.74. The average Bonchev–Trinajstić information content (AvgIpc) is 3.01. The van der Waals surface area contributed by atoms with Crippen LogP contribution in [0.4, 0.5) is 5.69 Å². The third-order valence-corrected chi connectivity index (χ3v) is 5.21. The molecule has 1 aromatic carbocycles. The lowest BCUT2D eigenvalue weighted by Crippen LogP contribution is -2.32. The van der Waals surface area contributed by atoms with E-state index in [1.54, 1.807) is 0 Å². The second-order valence-corrected chi connectivity index (χ2v) is 6.64. The summed E-state index contributed by atoms with van der Waals surface area (Å²) in [6, 6.07) is 9.31. The number of rotatable bonds is 4. The summed E-state index contributed by atoms with van der Waals surface area (Å²) in [5.41, 5.74) is 8.71. The fourth-order valence-corrected chi connectivity index (χ4v) is 4.02. The highest BCUT2D eigenvalue weighted by molar-refractivity contribution is 5.46. The zero-order valence-corrected chi connectivity index (χ0v) is 12.8. The molecule has 3 rings (SSSR count). The van der Waals surface area contributed by atoms with Crippen LogP contribution in [-0.4, -0.2) is 38.6 Å². The third kappa shape index (κ3) is 2.57. The van der Waals surface area contributed by atoms with Crippen molar-refractivity contribution in [3.63, 3.8) is 0 Å². The van der Waals surface area contributed by atoms with E-state index in [0.29, 0.717) is 6.04 Å². The van der Waals surface area contributed by atoms with Crippen LogP contribution in [0.15, 0.2) is 24.3 Å². The summed E-state index contributed by atoms with van der Waals surface area (Å²) in [5.74, 6) is 1.87. The van der Waals surface area contributed by atoms with Gasteiger partial charge in [-0.05, 0) is 42.4 Å². The van der Waals surface area contributed by atoms with Gasteiger partial charge in [-0.1, -0.05) is 18.6 Å². The first-order valence-electron chi connectivity index (χ1n) is 7.90. The van der Waals surface area contributed by atoms with Gasteiger partial charge in [-0.3, -0.25) is 4.90 Å². The largest absolute Gasteiger partial charge is 0.378 e. The summed E-state index contributed by atoms with van der Waals surface area (Å²) in [6.45, 7) is 3.23. The van der Waals surface area contributed by atoms with Crippen LogP contribution < -0.4 is 10.6 Å². The topological polar surface area (TPSA) is 32.5 Å². The van der Waals surface area contributed by atoms with Crippen LogP contribution in [0.5, 0.6) is 0 Å². The molecule has 0 radical (unpaired) electrons. The minimum Gasteiger partial charge on any atom is -0.378 e. The second-order valence-electron chi connectivity index (χ2n) is 6.64. The molecule has 3 unspecified atom stereocenters. The Bertz CT molecular complexity index is 428. The van der Waals surface area contributed by atoms with Gasteiger partial charge in [0.05, 0.1) is 0 Å². The molecule has 3 atom stereocenters. The van der Waals surface area contributed by atoms with Crippen LogP contribution in [0.1, 0.15) is 30.9 Å². The van der Waals surface area contributed by atoms with Gasteiger partial charge >= 0.3 is 0 Å². The number of anilines is 1. The minimum absolute atomic E-state index is 0.400. The molecule has 110 valence electrons. The standard InChI is InChI=1S/C17H27N3/c1-19(2)16-8-6-13(7-9-16)17(10-18)20-11-14-4-3-5-15(14)12-20/h6-9,14-15,17H,3-5,10-12,18H2,1-2H3. The highest BCUT2D eigenvalue weighted by Gasteiger charge is 2.38. The Morgan fingerprint density at radius 1 is 1.15 bits per heavy atom. The minimum atomic E-state index is 0.400. The molecule has 1 aliphatic heterocycles. The first kappa shape index (κ1) is 13.9. The van der Waals surface area contributed by atoms with E-state index >= 15 is 0 Å². The van der Waals surface area contributed by atoms with Gasteiger partial charge in [-0.2, -0.15) is 0 Å². The number of fused-ring (bicyclic) bond motifs is 1. The molecule has 20 heavy (non-hydrogen) atoms. The van der Waals surface area contributed by atoms with E-state index in [9.17, 15) is 0 Å². The van der Waals surface area contributed by atoms with E-state index in [-0.39, 0.29) is 0 Å². The highest BCUT2D eigenvalue weighted by Crippen LogP contribution is 2.40. The SMILES string of the molecule is CN(C)c1ccc(C(CN)N2CC3CCCC3C2)cc1. The molecule has 1 aliphatic carbocycles. The molecule has 2 aliphatic rings. The maximum atomic E-state index is 6.08. The Morgan fingerprint density at radius 3 is 2.25 bits per heavy atom. The lowest BCUT2D eigenvalue weighted by Gasteiger charge is -2.28. The lowest BCUT2D eigenvalue weighted by atomic mass is 10.0. The Morgan fingerprint density at radius 2 is 1.75 bits per heavy atom. The van der Waals surface area contributed by atoms with Crippen molar-refractivity contribution in [1.29, 1.82) is 0 Å². The molecular weight excluding hydrogens is 246 g/mol. The van der Waals surface area contributed by atoms with Gasteiger partial charge < -0.3 is 10.6 Å². The molecule has 1 saturated heterocycles. The molecule has 0 spiro atoms. The van der Waals surface area contributed by atoms with E-state index in [0.717, 1.165) is 18.4 Å². The number of likely N-dealkylation sites (tertiary alicyclic amines) is 1. The maximum Gasteiger partial charge on any atom is 0.0470 e. The van der Waals surface area contributed by atoms with E-state index < -0.39 is 0 Å². The maximum absolute atomic E-state index is 6.08. The normalized spacial score (nSPS) is 27.6. The number of nitrogens with zero attached hydrogens (tertiary/aromatic N) is 2. The van der Waals surface area contributed by atoms with Crippen molar-refractivity contribution in [3.8, 4) is 0 Å². The monoisotopic (exact) mass is 273 g/mol. The van der Waals surface area contributed by atoms with E-state index in [2.05, 4.69) is 48.2 Å². The third-order valence-electron chi connectivity index (χ3n) is 5.21. The van der Waals surface area contributed by atoms with Crippen molar-refractivity contribution in [2.75, 3.05) is 38.6 Å². The molecule has 1 heterocycles. The van der Waals surface area contributed by atoms with Crippen molar-refractivity contribution in [3.05, 3.63) is 29.8 Å². The molecule has 3 nitrogen and oxygen atoms in total. The Labute approximate surface area is 122 Å². The van der Waals surface area contributed by atoms with Crippen LogP contribution in [0.25, 0.3) is 0 Å². The molecule has 0 aromatic heterocycles. The summed E-state index contributed by atoms with van der Waals surface area (Å²) in [5, 5.41) is 0. The van der Waals surface area contributed by atoms with Crippen molar-refractivity contribution < 1.29 is 0 Å². The lowest BCUT2D eigenvalue weighted by molar-refractivity contribution is 0.232. The predicted molar refractivity (Wildman–Crippen MR) is 85.0 cm³/mol. The molecule has 1 saturated carbocycles. The van der Waals surface area contributed by atoms with Crippen LogP contribution >= 0.6 is 0 Å². The number of hydrogen-bond acceptors (Lipinski definition) is 3. The molecular formula is C17H27N3. The molecule has 0 amide bonds. The van der Waals surface area contributed by atoms with Gasteiger partial charge in [0, 0.05) is 45.5 Å². The Kier molecular flexibility index (Phi) is 3.99. The average molecular weight is 273 g/mol. The summed E-state index contributed by atoms with van der Waals surface area (Å²) in [6.07, 6.45) is 4.30. The molecule has 2 fully saturated rings. The number of benzene rings is 1. The first-order valence-corrected chi connectivity index (χ1v) is 7.90. The first-order chi connectivity index (χ1) is 9.69. The van der Waals surface area contributed by atoms with Gasteiger partial charge in [0.15, 0.2) is 0 Å². The zero-order chi connectivity index (χ0) is 14.1. The smallest absolute Gasteiger partial charge is 0.0470 e. The van der Waals surface area contributed by atoms with Crippen LogP contribution in [0.3, 0.4) is 0 Å². The summed E-state index contributed by atoms with van der Waals surface area (Å²) < 4.78 is 0. The van der Waals surface area contributed by atoms with E-state index in [4.69, 9.17) is 5.73 Å². The van der Waals surface area contributed by atoms with Gasteiger partial charge in [-0.25, -0.2) is 0 Å². The Hall–Kier alpha value is -1.06. The van der Waals surface area contributed by atoms with Gasteiger partial charge in [0.1, 0.15) is 0 Å². The van der Waals surface area contributed by atoms with Gasteiger partial charge in [-0.15, -0.1) is 0 Å². The van der Waals surface area contributed by atoms with E-state index in [1.165, 1.54) is 43.6 Å². The van der Waals surface area contributed by atoms with Gasteiger partial charge in [0.25, 0.3) is 0 Å². The number of nitrogens with two attached hydrogens (primary N) is 1. The zero-order valence-electron chi connectivity index (χ0n) is 12.8. The van der Waals surface area contributed by atoms with E-state index in [1.807, 2.05) is 0 Å². The quantitative estimate of drug-likeness (QED) is 0.915. The summed E-state index contributed by atoms with van der Waals surface area (Å²) in [7, 11) is 4.16. The highest BCUT2D eigenvalue weighted by atomic mass is 15.2. The fraction of sp³-hybridized carbons (Fsp3) is 0.647. The van der Waals surface area contributed by atoms with Crippen LogP contribution in [-0.2, 0) is 0 Å².